The maximum atomic E-state index is 5.85. The maximum Gasteiger partial charge on any atom is 0.239 e. The molecular weight excluding hydrogens is 250 g/mol. The molecule has 1 aromatic heterocycles. The van der Waals surface area contributed by atoms with Crippen molar-refractivity contribution >= 4 is 11.5 Å². The van der Waals surface area contributed by atoms with Crippen LogP contribution in [0, 0.1) is 6.92 Å². The van der Waals surface area contributed by atoms with E-state index in [-0.39, 0.29) is 6.10 Å². The van der Waals surface area contributed by atoms with E-state index in [1.807, 2.05) is 38.1 Å². The van der Waals surface area contributed by atoms with E-state index < -0.39 is 0 Å². The largest absolute Gasteiger partial charge is 0.473 e. The first kappa shape index (κ1) is 14.2. The number of rotatable bonds is 5. The Morgan fingerprint density at radius 1 is 1.20 bits per heavy atom. The number of nitrogens with zero attached hydrogens (tertiary/aromatic N) is 1. The fourth-order valence-electron chi connectivity index (χ4n) is 1.86. The van der Waals surface area contributed by atoms with Gasteiger partial charge in [0.05, 0.1) is 11.8 Å². The summed E-state index contributed by atoms with van der Waals surface area (Å²) in [6.45, 7) is 6.73. The minimum Gasteiger partial charge on any atom is -0.473 e. The highest BCUT2D eigenvalue weighted by Gasteiger charge is 2.06. The number of ether oxygens (including phenoxy) is 1. The fraction of sp³-hybridized carbons (Fsp3) is 0.312. The summed E-state index contributed by atoms with van der Waals surface area (Å²) in [6, 6.07) is 11.9. The second-order valence-electron chi connectivity index (χ2n) is 5.04. The molecule has 4 heteroatoms. The van der Waals surface area contributed by atoms with Crippen LogP contribution in [0.2, 0.25) is 0 Å². The van der Waals surface area contributed by atoms with Gasteiger partial charge in [0, 0.05) is 6.54 Å². The van der Waals surface area contributed by atoms with Crippen LogP contribution >= 0.6 is 0 Å². The number of pyridine rings is 1. The van der Waals surface area contributed by atoms with Crippen molar-refractivity contribution in [3.05, 3.63) is 47.5 Å². The Hall–Kier alpha value is -2.23. The molecule has 0 aliphatic rings. The zero-order valence-electron chi connectivity index (χ0n) is 12.2. The molecule has 1 aromatic carbocycles. The zero-order chi connectivity index (χ0) is 14.5. The predicted molar refractivity (Wildman–Crippen MR) is 82.9 cm³/mol. The Morgan fingerprint density at radius 2 is 1.95 bits per heavy atom. The molecular formula is C16H21N3O. The van der Waals surface area contributed by atoms with Gasteiger partial charge in [-0.1, -0.05) is 24.3 Å². The highest BCUT2D eigenvalue weighted by Crippen LogP contribution is 2.22. The number of aromatic nitrogens is 1. The number of nitrogens with one attached hydrogen (secondary N) is 1. The van der Waals surface area contributed by atoms with E-state index in [0.29, 0.717) is 11.6 Å². The Bertz CT molecular complexity index is 582. The number of aryl methyl sites for hydroxylation is 1. The first-order valence-corrected chi connectivity index (χ1v) is 6.78. The van der Waals surface area contributed by atoms with Gasteiger partial charge in [-0.15, -0.1) is 0 Å². The van der Waals surface area contributed by atoms with Gasteiger partial charge in [-0.3, -0.25) is 0 Å². The third-order valence-electron chi connectivity index (χ3n) is 2.96. The lowest BCUT2D eigenvalue weighted by molar-refractivity contribution is 0.234. The van der Waals surface area contributed by atoms with E-state index in [0.717, 1.165) is 12.4 Å². The molecule has 0 aliphatic carbocycles. The van der Waals surface area contributed by atoms with Gasteiger partial charge in [0.15, 0.2) is 0 Å². The number of hydrogen-bond acceptors (Lipinski definition) is 4. The zero-order valence-corrected chi connectivity index (χ0v) is 12.2. The lowest BCUT2D eigenvalue weighted by Gasteiger charge is -2.13. The van der Waals surface area contributed by atoms with Crippen molar-refractivity contribution in [2.75, 3.05) is 11.1 Å². The lowest BCUT2D eigenvalue weighted by Crippen LogP contribution is -2.10. The summed E-state index contributed by atoms with van der Waals surface area (Å²) in [7, 11) is 0. The molecule has 0 aliphatic heterocycles. The van der Waals surface area contributed by atoms with Crippen molar-refractivity contribution in [3.8, 4) is 5.88 Å². The molecule has 0 saturated heterocycles. The van der Waals surface area contributed by atoms with Gasteiger partial charge in [-0.25, -0.2) is 0 Å². The van der Waals surface area contributed by atoms with Gasteiger partial charge in [0.25, 0.3) is 0 Å². The minimum absolute atomic E-state index is 0.0522. The predicted octanol–water partition coefficient (Wildman–Crippen LogP) is 3.37. The Balaban J connectivity index is 2.08. The van der Waals surface area contributed by atoms with Crippen LogP contribution in [0.4, 0.5) is 11.5 Å². The third-order valence-corrected chi connectivity index (χ3v) is 2.96. The number of anilines is 2. The summed E-state index contributed by atoms with van der Waals surface area (Å²) in [6.07, 6.45) is 0.0522. The maximum absolute atomic E-state index is 5.85. The van der Waals surface area contributed by atoms with E-state index in [4.69, 9.17) is 10.5 Å². The van der Waals surface area contributed by atoms with Gasteiger partial charge < -0.3 is 15.8 Å². The van der Waals surface area contributed by atoms with Gasteiger partial charge in [-0.05, 0) is 44.0 Å². The van der Waals surface area contributed by atoms with Crippen LogP contribution in [0.5, 0.6) is 5.88 Å². The first-order valence-electron chi connectivity index (χ1n) is 6.78. The number of nitrogens with two attached hydrogens (primary N) is 1. The molecule has 0 fully saturated rings. The molecule has 0 unspecified atom stereocenters. The summed E-state index contributed by atoms with van der Waals surface area (Å²) in [5.74, 6) is 1.24. The Kier molecular flexibility index (Phi) is 4.45. The van der Waals surface area contributed by atoms with Crippen molar-refractivity contribution < 1.29 is 4.74 Å². The standard InChI is InChI=1S/C16H21N3O/c1-11(2)20-16-14(17)8-9-15(19-16)18-10-13-7-5-4-6-12(13)3/h4-9,11H,10,17H2,1-3H3,(H,18,19). The van der Waals surface area contributed by atoms with Crippen LogP contribution < -0.4 is 15.8 Å². The van der Waals surface area contributed by atoms with Gasteiger partial charge >= 0.3 is 0 Å². The monoisotopic (exact) mass is 271 g/mol. The summed E-state index contributed by atoms with van der Waals surface area (Å²) in [4.78, 5) is 4.40. The molecule has 0 atom stereocenters. The van der Waals surface area contributed by atoms with Crippen LogP contribution in [0.25, 0.3) is 0 Å². The van der Waals surface area contributed by atoms with Gasteiger partial charge in [0.2, 0.25) is 5.88 Å². The second-order valence-corrected chi connectivity index (χ2v) is 5.04. The molecule has 3 N–H and O–H groups in total. The van der Waals surface area contributed by atoms with Crippen LogP contribution in [-0.2, 0) is 6.54 Å². The van der Waals surface area contributed by atoms with Crippen LogP contribution in [0.1, 0.15) is 25.0 Å². The van der Waals surface area contributed by atoms with Crippen LogP contribution in [0.15, 0.2) is 36.4 Å². The molecule has 0 bridgehead atoms. The molecule has 20 heavy (non-hydrogen) atoms. The van der Waals surface area contributed by atoms with Crippen molar-refractivity contribution in [3.63, 3.8) is 0 Å². The summed E-state index contributed by atoms with van der Waals surface area (Å²) in [5, 5.41) is 3.30. The topological polar surface area (TPSA) is 60.2 Å². The van der Waals surface area contributed by atoms with Gasteiger partial charge in [0.1, 0.15) is 5.82 Å². The molecule has 0 radical (unpaired) electrons. The average molecular weight is 271 g/mol. The van der Waals surface area contributed by atoms with E-state index in [9.17, 15) is 0 Å². The van der Waals surface area contributed by atoms with Crippen molar-refractivity contribution in [2.24, 2.45) is 0 Å². The lowest BCUT2D eigenvalue weighted by atomic mass is 10.1. The van der Waals surface area contributed by atoms with Crippen LogP contribution in [0.3, 0.4) is 0 Å². The third kappa shape index (κ3) is 3.63. The summed E-state index contributed by atoms with van der Waals surface area (Å²) >= 11 is 0. The average Bonchev–Trinajstić information content (AvgIpc) is 2.40. The molecule has 0 saturated carbocycles. The first-order chi connectivity index (χ1) is 9.56. The smallest absolute Gasteiger partial charge is 0.239 e. The summed E-state index contributed by atoms with van der Waals surface area (Å²) in [5.41, 5.74) is 8.92. The normalized spacial score (nSPS) is 10.6. The van der Waals surface area contributed by atoms with Crippen molar-refractivity contribution in [2.45, 2.75) is 33.4 Å². The molecule has 4 nitrogen and oxygen atoms in total. The van der Waals surface area contributed by atoms with E-state index >= 15 is 0 Å². The summed E-state index contributed by atoms with van der Waals surface area (Å²) < 4.78 is 5.59. The fourth-order valence-corrected chi connectivity index (χ4v) is 1.86. The molecule has 106 valence electrons. The highest BCUT2D eigenvalue weighted by molar-refractivity contribution is 5.53. The molecule has 2 rings (SSSR count). The second kappa shape index (κ2) is 6.28. The van der Waals surface area contributed by atoms with Crippen LogP contribution in [-0.4, -0.2) is 11.1 Å². The Morgan fingerprint density at radius 3 is 2.65 bits per heavy atom. The molecule has 1 heterocycles. The highest BCUT2D eigenvalue weighted by atomic mass is 16.5. The number of nitrogen functional groups attached to an aromatic ring is 1. The Labute approximate surface area is 120 Å². The number of benzene rings is 1. The molecule has 2 aromatic rings. The van der Waals surface area contributed by atoms with E-state index in [2.05, 4.69) is 29.4 Å². The minimum atomic E-state index is 0.0522. The molecule has 0 spiro atoms. The SMILES string of the molecule is Cc1ccccc1CNc1ccc(N)c(OC(C)C)n1. The van der Waals surface area contributed by atoms with Crippen molar-refractivity contribution in [1.82, 2.24) is 4.98 Å². The molecule has 0 amide bonds. The quantitative estimate of drug-likeness (QED) is 0.875. The van der Waals surface area contributed by atoms with Gasteiger partial charge in [-0.2, -0.15) is 4.98 Å². The number of hydrogen-bond donors (Lipinski definition) is 2. The van der Waals surface area contributed by atoms with E-state index in [1.165, 1.54) is 11.1 Å². The van der Waals surface area contributed by atoms with E-state index in [1.54, 1.807) is 0 Å². The van der Waals surface area contributed by atoms with Crippen molar-refractivity contribution in [1.29, 1.82) is 0 Å².